The van der Waals surface area contributed by atoms with E-state index in [1.54, 1.807) is 6.07 Å². The molecule has 0 unspecified atom stereocenters. The van der Waals surface area contributed by atoms with Crippen LogP contribution in [0.4, 0.5) is 5.69 Å². The summed E-state index contributed by atoms with van der Waals surface area (Å²) in [7, 11) is 0. The van der Waals surface area contributed by atoms with Gasteiger partial charge in [-0.15, -0.1) is 16.4 Å². The van der Waals surface area contributed by atoms with Gasteiger partial charge < -0.3 is 10.6 Å². The first-order valence-corrected chi connectivity index (χ1v) is 10.1. The van der Waals surface area contributed by atoms with Crippen molar-refractivity contribution in [2.75, 3.05) is 11.9 Å². The highest BCUT2D eigenvalue weighted by Gasteiger charge is 2.28. The molecule has 0 radical (unpaired) electrons. The molecule has 2 amide bonds. The van der Waals surface area contributed by atoms with E-state index in [-0.39, 0.29) is 11.8 Å². The Balaban J connectivity index is 1.23. The number of amides is 2. The van der Waals surface area contributed by atoms with Gasteiger partial charge in [0.1, 0.15) is 0 Å². The van der Waals surface area contributed by atoms with E-state index in [9.17, 15) is 9.59 Å². The third-order valence-electron chi connectivity index (χ3n) is 4.42. The van der Waals surface area contributed by atoms with Crippen LogP contribution in [0.25, 0.3) is 11.4 Å². The van der Waals surface area contributed by atoms with Crippen LogP contribution in [-0.4, -0.2) is 38.6 Å². The highest BCUT2D eigenvalue weighted by atomic mass is 32.1. The largest absolute Gasteiger partial charge is 0.351 e. The lowest BCUT2D eigenvalue weighted by atomic mass is 10.2. The fourth-order valence-electron chi connectivity index (χ4n) is 2.82. The van der Waals surface area contributed by atoms with Crippen LogP contribution in [0.1, 0.15) is 41.4 Å². The van der Waals surface area contributed by atoms with Crippen molar-refractivity contribution < 1.29 is 9.59 Å². The number of thiophene rings is 1. The summed E-state index contributed by atoms with van der Waals surface area (Å²) >= 11 is 1.40. The second-order valence-corrected chi connectivity index (χ2v) is 7.59. The lowest BCUT2D eigenvalue weighted by molar-refractivity contribution is -0.116. The van der Waals surface area contributed by atoms with E-state index in [4.69, 9.17) is 0 Å². The second kappa shape index (κ2) is 8.30. The molecule has 2 aromatic heterocycles. The molecule has 3 aromatic rings. The molecule has 8 nitrogen and oxygen atoms in total. The predicted octanol–water partition coefficient (Wildman–Crippen LogP) is 2.89. The van der Waals surface area contributed by atoms with Crippen molar-refractivity contribution in [2.24, 2.45) is 0 Å². The van der Waals surface area contributed by atoms with Gasteiger partial charge in [0.05, 0.1) is 10.9 Å². The van der Waals surface area contributed by atoms with Crippen molar-refractivity contribution in [3.8, 4) is 11.4 Å². The highest BCUT2D eigenvalue weighted by molar-refractivity contribution is 7.12. The number of aromatic nitrogens is 4. The van der Waals surface area contributed by atoms with Gasteiger partial charge in [0, 0.05) is 24.2 Å². The molecule has 2 N–H and O–H groups in total. The van der Waals surface area contributed by atoms with Gasteiger partial charge in [0.25, 0.3) is 5.91 Å². The number of rotatable bonds is 8. The van der Waals surface area contributed by atoms with Crippen molar-refractivity contribution in [2.45, 2.75) is 31.7 Å². The molecule has 28 heavy (non-hydrogen) atoms. The van der Waals surface area contributed by atoms with E-state index >= 15 is 0 Å². The summed E-state index contributed by atoms with van der Waals surface area (Å²) in [5.41, 5.74) is 1.65. The van der Waals surface area contributed by atoms with Crippen molar-refractivity contribution in [3.05, 3.63) is 46.7 Å². The molecule has 4 rings (SSSR count). The van der Waals surface area contributed by atoms with Gasteiger partial charge in [-0.3, -0.25) is 9.59 Å². The van der Waals surface area contributed by atoms with Gasteiger partial charge in [0.15, 0.2) is 5.82 Å². The normalized spacial score (nSPS) is 13.3. The van der Waals surface area contributed by atoms with E-state index in [0.717, 1.165) is 29.9 Å². The Morgan fingerprint density at radius 2 is 2.00 bits per heavy atom. The third kappa shape index (κ3) is 4.42. The Labute approximate surface area is 166 Å². The Morgan fingerprint density at radius 3 is 2.71 bits per heavy atom. The first-order valence-electron chi connectivity index (χ1n) is 9.20. The molecule has 0 atom stereocenters. The van der Waals surface area contributed by atoms with Crippen LogP contribution in [0.15, 0.2) is 41.8 Å². The highest BCUT2D eigenvalue weighted by Crippen LogP contribution is 2.36. The van der Waals surface area contributed by atoms with Gasteiger partial charge in [-0.1, -0.05) is 6.07 Å². The maximum absolute atomic E-state index is 12.1. The summed E-state index contributed by atoms with van der Waals surface area (Å²) in [6.45, 7) is 0.465. The van der Waals surface area contributed by atoms with Gasteiger partial charge in [0.2, 0.25) is 5.91 Å². The summed E-state index contributed by atoms with van der Waals surface area (Å²) < 4.78 is 1.86. The van der Waals surface area contributed by atoms with E-state index < -0.39 is 0 Å². The zero-order valence-electron chi connectivity index (χ0n) is 15.2. The average Bonchev–Trinajstić information content (AvgIpc) is 3.20. The first-order chi connectivity index (χ1) is 13.7. The summed E-state index contributed by atoms with van der Waals surface area (Å²) in [6.07, 6.45) is 3.14. The van der Waals surface area contributed by atoms with Crippen LogP contribution >= 0.6 is 11.3 Å². The summed E-state index contributed by atoms with van der Waals surface area (Å²) in [6, 6.07) is 11.5. The van der Waals surface area contributed by atoms with Gasteiger partial charge >= 0.3 is 0 Å². The zero-order chi connectivity index (χ0) is 19.3. The van der Waals surface area contributed by atoms with E-state index in [0.29, 0.717) is 30.3 Å². The molecule has 1 fully saturated rings. The number of hydrogen-bond acceptors (Lipinski definition) is 6. The molecular formula is C19H20N6O2S. The van der Waals surface area contributed by atoms with Gasteiger partial charge in [-0.2, -0.15) is 0 Å². The molecule has 0 aliphatic heterocycles. The van der Waals surface area contributed by atoms with E-state index in [2.05, 4.69) is 26.2 Å². The lowest BCUT2D eigenvalue weighted by Crippen LogP contribution is -2.24. The number of benzene rings is 1. The molecule has 9 heteroatoms. The Hall–Kier alpha value is -3.07. The molecular weight excluding hydrogens is 376 g/mol. The van der Waals surface area contributed by atoms with Crippen molar-refractivity contribution in [1.29, 1.82) is 0 Å². The second-order valence-electron chi connectivity index (χ2n) is 6.64. The van der Waals surface area contributed by atoms with Crippen LogP contribution in [0, 0.1) is 0 Å². The van der Waals surface area contributed by atoms with Crippen LogP contribution in [0.5, 0.6) is 0 Å². The SMILES string of the molecule is O=C(CCCNC(=O)c1cccs1)Nc1ccc(-c2nnnn2C2CC2)cc1. The lowest BCUT2D eigenvalue weighted by Gasteiger charge is -2.07. The Bertz CT molecular complexity index is 947. The Morgan fingerprint density at radius 1 is 1.18 bits per heavy atom. The minimum atomic E-state index is -0.0977. The van der Waals surface area contributed by atoms with Crippen molar-refractivity contribution in [1.82, 2.24) is 25.5 Å². The summed E-state index contributed by atoms with van der Waals surface area (Å²) in [4.78, 5) is 24.6. The van der Waals surface area contributed by atoms with E-state index in [1.165, 1.54) is 11.3 Å². The van der Waals surface area contributed by atoms with Crippen LogP contribution in [0.3, 0.4) is 0 Å². The van der Waals surface area contributed by atoms with Crippen molar-refractivity contribution >= 4 is 28.8 Å². The monoisotopic (exact) mass is 396 g/mol. The van der Waals surface area contributed by atoms with Crippen molar-refractivity contribution in [3.63, 3.8) is 0 Å². The fraction of sp³-hybridized carbons (Fsp3) is 0.316. The maximum Gasteiger partial charge on any atom is 0.261 e. The first kappa shape index (κ1) is 18.3. The topological polar surface area (TPSA) is 102 Å². The molecule has 2 heterocycles. The number of anilines is 1. The number of tetrazole rings is 1. The molecule has 0 spiro atoms. The zero-order valence-corrected chi connectivity index (χ0v) is 16.0. The molecule has 1 aromatic carbocycles. The molecule has 0 bridgehead atoms. The summed E-state index contributed by atoms with van der Waals surface area (Å²) in [5, 5.41) is 19.5. The number of carbonyl (C=O) groups is 2. The van der Waals surface area contributed by atoms with Gasteiger partial charge in [-0.05, 0) is 65.4 Å². The number of carbonyl (C=O) groups excluding carboxylic acids is 2. The minimum absolute atomic E-state index is 0.0825. The molecule has 1 aliphatic rings. The molecule has 1 aliphatic carbocycles. The fourth-order valence-corrected chi connectivity index (χ4v) is 3.46. The quantitative estimate of drug-likeness (QED) is 0.570. The molecule has 0 saturated heterocycles. The van der Waals surface area contributed by atoms with Gasteiger partial charge in [-0.25, -0.2) is 4.68 Å². The minimum Gasteiger partial charge on any atom is -0.351 e. The average molecular weight is 396 g/mol. The van der Waals surface area contributed by atoms with Crippen LogP contribution in [-0.2, 0) is 4.79 Å². The standard InChI is InChI=1S/C19H20N6O2S/c26-17(4-1-11-20-19(27)16-3-2-12-28-16)21-14-7-5-13(6-8-14)18-22-23-24-25(18)15-9-10-15/h2-3,5-8,12,15H,1,4,9-11H2,(H,20,27)(H,21,26). The molecule has 144 valence electrons. The number of nitrogens with zero attached hydrogens (tertiary/aromatic N) is 4. The number of hydrogen-bond donors (Lipinski definition) is 2. The maximum atomic E-state index is 12.1. The third-order valence-corrected chi connectivity index (χ3v) is 5.29. The Kier molecular flexibility index (Phi) is 5.43. The van der Waals surface area contributed by atoms with Crippen LogP contribution < -0.4 is 10.6 Å². The predicted molar refractivity (Wildman–Crippen MR) is 106 cm³/mol. The van der Waals surface area contributed by atoms with Crippen LogP contribution in [0.2, 0.25) is 0 Å². The number of nitrogens with one attached hydrogen (secondary N) is 2. The smallest absolute Gasteiger partial charge is 0.261 e. The van der Waals surface area contributed by atoms with E-state index in [1.807, 2.05) is 40.4 Å². The summed E-state index contributed by atoms with van der Waals surface area (Å²) in [5.74, 6) is 0.572. The molecule has 1 saturated carbocycles.